The normalized spacial score (nSPS) is 24.5. The van der Waals surface area contributed by atoms with Crippen molar-refractivity contribution in [2.24, 2.45) is 10.9 Å². The van der Waals surface area contributed by atoms with Gasteiger partial charge in [0.2, 0.25) is 0 Å². The average molecular weight is 511 g/mol. The highest BCUT2D eigenvalue weighted by atomic mass is 127. The summed E-state index contributed by atoms with van der Waals surface area (Å²) >= 11 is 0. The average Bonchev–Trinajstić information content (AvgIpc) is 2.67. The van der Waals surface area contributed by atoms with Gasteiger partial charge in [-0.15, -0.1) is 24.0 Å². The Morgan fingerprint density at radius 2 is 1.75 bits per heavy atom. The van der Waals surface area contributed by atoms with Gasteiger partial charge in [-0.1, -0.05) is 13.8 Å². The summed E-state index contributed by atoms with van der Waals surface area (Å²) in [5.74, 6) is 1.51. The number of guanidine groups is 1. The van der Waals surface area contributed by atoms with Crippen molar-refractivity contribution in [3.63, 3.8) is 0 Å². The number of nitrogens with zero attached hydrogens (tertiary/aromatic N) is 3. The second-order valence-corrected chi connectivity index (χ2v) is 8.07. The zero-order chi connectivity index (χ0) is 19.6. The van der Waals surface area contributed by atoms with E-state index < -0.39 is 0 Å². The van der Waals surface area contributed by atoms with Crippen molar-refractivity contribution >= 4 is 29.9 Å². The van der Waals surface area contributed by atoms with Crippen LogP contribution in [-0.2, 0) is 9.47 Å². The minimum absolute atomic E-state index is 0. The molecule has 3 unspecified atom stereocenters. The molecule has 0 aliphatic carbocycles. The standard InChI is InChI=1S/C20H41N5O2.HI/c1-6-21-20(22-13-17(4)25-9-12-27-15-18(25)5)23-14-19(16(2)3)24-7-10-26-11-8-24;/h16-19H,6-15H2,1-5H3,(H2,21,22,23);1H. The summed E-state index contributed by atoms with van der Waals surface area (Å²) in [6, 6.07) is 1.38. The second kappa shape index (κ2) is 14.0. The predicted octanol–water partition coefficient (Wildman–Crippen LogP) is 1.63. The molecular formula is C20H42IN5O2. The van der Waals surface area contributed by atoms with Crippen molar-refractivity contribution in [3.8, 4) is 0 Å². The largest absolute Gasteiger partial charge is 0.379 e. The molecule has 0 aromatic heterocycles. The molecule has 28 heavy (non-hydrogen) atoms. The molecule has 2 rings (SSSR count). The Morgan fingerprint density at radius 3 is 2.36 bits per heavy atom. The van der Waals surface area contributed by atoms with E-state index in [4.69, 9.17) is 14.5 Å². The van der Waals surface area contributed by atoms with Crippen molar-refractivity contribution in [2.75, 3.05) is 65.7 Å². The molecule has 2 aliphatic heterocycles. The molecule has 0 bridgehead atoms. The topological polar surface area (TPSA) is 61.4 Å². The van der Waals surface area contributed by atoms with Crippen LogP contribution in [0.15, 0.2) is 4.99 Å². The fourth-order valence-electron chi connectivity index (χ4n) is 3.96. The summed E-state index contributed by atoms with van der Waals surface area (Å²) in [7, 11) is 0. The predicted molar refractivity (Wildman–Crippen MR) is 127 cm³/mol. The highest BCUT2D eigenvalue weighted by Gasteiger charge is 2.25. The number of ether oxygens (including phenoxy) is 2. The van der Waals surface area contributed by atoms with Crippen molar-refractivity contribution in [3.05, 3.63) is 0 Å². The highest BCUT2D eigenvalue weighted by Crippen LogP contribution is 2.13. The number of hydrogen-bond donors (Lipinski definition) is 2. The molecule has 0 radical (unpaired) electrons. The smallest absolute Gasteiger partial charge is 0.191 e. The van der Waals surface area contributed by atoms with E-state index >= 15 is 0 Å². The molecule has 2 saturated heterocycles. The molecule has 2 aliphatic rings. The van der Waals surface area contributed by atoms with E-state index in [1.807, 2.05) is 0 Å². The number of rotatable bonds is 8. The molecule has 0 spiro atoms. The Kier molecular flexibility index (Phi) is 12.9. The van der Waals surface area contributed by atoms with Crippen LogP contribution in [0.3, 0.4) is 0 Å². The number of aliphatic imine (C=N–C) groups is 1. The van der Waals surface area contributed by atoms with Gasteiger partial charge < -0.3 is 20.1 Å². The minimum atomic E-state index is 0. The molecule has 3 atom stereocenters. The van der Waals surface area contributed by atoms with Crippen LogP contribution in [0.25, 0.3) is 0 Å². The third-order valence-corrected chi connectivity index (χ3v) is 5.61. The van der Waals surface area contributed by atoms with E-state index in [9.17, 15) is 0 Å². The first-order chi connectivity index (χ1) is 13.0. The molecule has 7 nitrogen and oxygen atoms in total. The van der Waals surface area contributed by atoms with Crippen molar-refractivity contribution in [1.82, 2.24) is 20.4 Å². The van der Waals surface area contributed by atoms with Gasteiger partial charge in [-0.05, 0) is 26.7 Å². The molecule has 2 fully saturated rings. The van der Waals surface area contributed by atoms with Gasteiger partial charge >= 0.3 is 0 Å². The second-order valence-electron chi connectivity index (χ2n) is 8.07. The van der Waals surface area contributed by atoms with Crippen LogP contribution in [0.1, 0.15) is 34.6 Å². The molecular weight excluding hydrogens is 469 g/mol. The Bertz CT molecular complexity index is 446. The summed E-state index contributed by atoms with van der Waals surface area (Å²) in [6.45, 7) is 20.1. The monoisotopic (exact) mass is 511 g/mol. The van der Waals surface area contributed by atoms with Gasteiger partial charge in [-0.25, -0.2) is 0 Å². The number of morpholine rings is 2. The maximum atomic E-state index is 5.56. The number of halogens is 1. The van der Waals surface area contributed by atoms with Gasteiger partial charge in [0.25, 0.3) is 0 Å². The molecule has 0 saturated carbocycles. The van der Waals surface area contributed by atoms with Gasteiger partial charge in [0.15, 0.2) is 5.96 Å². The van der Waals surface area contributed by atoms with Gasteiger partial charge in [0, 0.05) is 50.8 Å². The molecule has 2 N–H and O–H groups in total. The lowest BCUT2D eigenvalue weighted by molar-refractivity contribution is -0.0166. The first-order valence-electron chi connectivity index (χ1n) is 10.7. The van der Waals surface area contributed by atoms with Crippen molar-refractivity contribution < 1.29 is 9.47 Å². The lowest BCUT2D eigenvalue weighted by atomic mass is 10.0. The molecule has 0 amide bonds. The lowest BCUT2D eigenvalue weighted by Crippen LogP contribution is -2.53. The van der Waals surface area contributed by atoms with Crippen LogP contribution in [0, 0.1) is 5.92 Å². The van der Waals surface area contributed by atoms with Crippen LogP contribution in [0.5, 0.6) is 0 Å². The Morgan fingerprint density at radius 1 is 1.07 bits per heavy atom. The van der Waals surface area contributed by atoms with Crippen LogP contribution in [0.4, 0.5) is 0 Å². The van der Waals surface area contributed by atoms with Gasteiger partial charge in [-0.2, -0.15) is 0 Å². The lowest BCUT2D eigenvalue weighted by Gasteiger charge is -2.38. The van der Waals surface area contributed by atoms with E-state index in [-0.39, 0.29) is 24.0 Å². The summed E-state index contributed by atoms with van der Waals surface area (Å²) in [5, 5.41) is 6.98. The Labute approximate surface area is 189 Å². The first kappa shape index (κ1) is 25.9. The maximum Gasteiger partial charge on any atom is 0.191 e. The first-order valence-corrected chi connectivity index (χ1v) is 10.7. The number of hydrogen-bond acceptors (Lipinski definition) is 5. The van der Waals surface area contributed by atoms with Gasteiger partial charge in [0.1, 0.15) is 0 Å². The fourth-order valence-corrected chi connectivity index (χ4v) is 3.96. The highest BCUT2D eigenvalue weighted by molar-refractivity contribution is 14.0. The van der Waals surface area contributed by atoms with Gasteiger partial charge in [0.05, 0.1) is 33.0 Å². The van der Waals surface area contributed by atoms with Crippen molar-refractivity contribution in [2.45, 2.75) is 52.7 Å². The van der Waals surface area contributed by atoms with E-state index in [0.717, 1.165) is 71.7 Å². The summed E-state index contributed by atoms with van der Waals surface area (Å²) in [5.41, 5.74) is 0. The Balaban J connectivity index is 0.00000392. The van der Waals surface area contributed by atoms with Gasteiger partial charge in [-0.3, -0.25) is 14.8 Å². The Hall–Kier alpha value is -0.160. The van der Waals surface area contributed by atoms with Crippen LogP contribution in [0.2, 0.25) is 0 Å². The van der Waals surface area contributed by atoms with Crippen LogP contribution < -0.4 is 10.6 Å². The molecule has 8 heteroatoms. The van der Waals surface area contributed by atoms with E-state index in [0.29, 0.717) is 24.0 Å². The quantitative estimate of drug-likeness (QED) is 0.294. The summed E-state index contributed by atoms with van der Waals surface area (Å²) in [6.07, 6.45) is 0. The van der Waals surface area contributed by atoms with E-state index in [1.54, 1.807) is 0 Å². The molecule has 0 aromatic rings. The van der Waals surface area contributed by atoms with Crippen LogP contribution >= 0.6 is 24.0 Å². The summed E-state index contributed by atoms with van der Waals surface area (Å²) < 4.78 is 11.1. The zero-order valence-corrected chi connectivity index (χ0v) is 20.8. The molecule has 0 aromatic carbocycles. The van der Waals surface area contributed by atoms with E-state index in [1.165, 1.54) is 0 Å². The third-order valence-electron chi connectivity index (χ3n) is 5.61. The van der Waals surface area contributed by atoms with Crippen molar-refractivity contribution in [1.29, 1.82) is 0 Å². The van der Waals surface area contributed by atoms with E-state index in [2.05, 4.69) is 55.1 Å². The molecule has 2 heterocycles. The SMILES string of the molecule is CCNC(=NCC(C)N1CCOCC1C)NCC(C(C)C)N1CCOCC1.I. The fraction of sp³-hybridized carbons (Fsp3) is 0.950. The van der Waals surface area contributed by atoms with Crippen LogP contribution in [-0.4, -0.2) is 99.6 Å². The third kappa shape index (κ3) is 8.30. The maximum absolute atomic E-state index is 5.56. The summed E-state index contributed by atoms with van der Waals surface area (Å²) in [4.78, 5) is 9.91. The zero-order valence-electron chi connectivity index (χ0n) is 18.4. The molecule has 166 valence electrons. The number of nitrogens with one attached hydrogen (secondary N) is 2. The minimum Gasteiger partial charge on any atom is -0.379 e.